The molecule has 0 fully saturated rings. The predicted octanol–water partition coefficient (Wildman–Crippen LogP) is 1.35. The Kier molecular flexibility index (Phi) is 6.87. The van der Waals surface area contributed by atoms with Gasteiger partial charge in [0.2, 0.25) is 5.91 Å². The predicted molar refractivity (Wildman–Crippen MR) is 81.7 cm³/mol. The first-order valence-electron chi connectivity index (χ1n) is 6.91. The molecule has 0 bridgehead atoms. The van der Waals surface area contributed by atoms with Gasteiger partial charge in [-0.2, -0.15) is 0 Å². The molecule has 1 atom stereocenters. The van der Waals surface area contributed by atoms with Gasteiger partial charge < -0.3 is 20.7 Å². The van der Waals surface area contributed by atoms with E-state index in [0.717, 1.165) is 30.9 Å². The fourth-order valence-electron chi connectivity index (χ4n) is 1.98. The van der Waals surface area contributed by atoms with Crippen molar-refractivity contribution in [3.8, 4) is 5.75 Å². The molecule has 1 rings (SSSR count). The van der Waals surface area contributed by atoms with Gasteiger partial charge in [-0.25, -0.2) is 0 Å². The second kappa shape index (κ2) is 8.43. The number of rotatable bonds is 8. The minimum Gasteiger partial charge on any atom is -0.494 e. The van der Waals surface area contributed by atoms with Gasteiger partial charge in [-0.1, -0.05) is 6.92 Å². The van der Waals surface area contributed by atoms with Crippen LogP contribution >= 0.6 is 0 Å². The van der Waals surface area contributed by atoms with Gasteiger partial charge in [0, 0.05) is 31.7 Å². The maximum atomic E-state index is 11.4. The molecule has 0 aliphatic rings. The maximum Gasteiger partial charge on any atom is 0.223 e. The average Bonchev–Trinajstić information content (AvgIpc) is 2.44. The Hall–Kier alpha value is -1.75. The molecule has 0 aromatic heterocycles. The zero-order valence-corrected chi connectivity index (χ0v) is 12.6. The Labute approximate surface area is 121 Å². The minimum absolute atomic E-state index is 0.00279. The molecule has 112 valence electrons. The van der Waals surface area contributed by atoms with Crippen LogP contribution in [0, 0.1) is 5.92 Å². The van der Waals surface area contributed by atoms with E-state index in [1.165, 1.54) is 0 Å². The van der Waals surface area contributed by atoms with E-state index in [1.807, 2.05) is 38.2 Å². The van der Waals surface area contributed by atoms with Gasteiger partial charge in [0.1, 0.15) is 5.75 Å². The Morgan fingerprint density at radius 3 is 2.65 bits per heavy atom. The van der Waals surface area contributed by atoms with E-state index < -0.39 is 0 Å². The van der Waals surface area contributed by atoms with Gasteiger partial charge >= 0.3 is 0 Å². The number of nitrogens with one attached hydrogen (secondary N) is 1. The Bertz CT molecular complexity index is 406. The van der Waals surface area contributed by atoms with Crippen molar-refractivity contribution >= 4 is 11.6 Å². The first-order valence-corrected chi connectivity index (χ1v) is 6.91. The molecule has 0 heterocycles. The Balaban J connectivity index is 2.17. The average molecular weight is 279 g/mol. The number of carbonyl (C=O) groups is 1. The molecule has 3 N–H and O–H groups in total. The van der Waals surface area contributed by atoms with Crippen molar-refractivity contribution in [2.75, 3.05) is 39.5 Å². The third kappa shape index (κ3) is 5.93. The monoisotopic (exact) mass is 279 g/mol. The molecule has 5 nitrogen and oxygen atoms in total. The van der Waals surface area contributed by atoms with Crippen LogP contribution < -0.4 is 15.8 Å². The van der Waals surface area contributed by atoms with Crippen LogP contribution in [0.25, 0.3) is 0 Å². The molecule has 1 unspecified atom stereocenters. The summed E-state index contributed by atoms with van der Waals surface area (Å²) in [5.41, 5.74) is 6.34. The number of benzene rings is 1. The summed E-state index contributed by atoms with van der Waals surface area (Å²) >= 11 is 0. The molecule has 0 aliphatic heterocycles. The highest BCUT2D eigenvalue weighted by Gasteiger charge is 2.12. The standard InChI is InChI=1S/C15H25N3O2/c1-12(15(19)17-2)11-18(3)9-4-10-20-14-7-5-13(16)6-8-14/h5-8,12H,4,9-11,16H2,1-3H3,(H,17,19). The van der Waals surface area contributed by atoms with Crippen LogP contribution in [0.3, 0.4) is 0 Å². The second-order valence-electron chi connectivity index (χ2n) is 5.05. The van der Waals surface area contributed by atoms with Crippen molar-refractivity contribution in [1.29, 1.82) is 0 Å². The third-order valence-corrected chi connectivity index (χ3v) is 3.11. The zero-order chi connectivity index (χ0) is 15.0. The second-order valence-corrected chi connectivity index (χ2v) is 5.05. The summed E-state index contributed by atoms with van der Waals surface area (Å²) in [5, 5.41) is 2.66. The number of anilines is 1. The smallest absolute Gasteiger partial charge is 0.223 e. The van der Waals surface area contributed by atoms with E-state index in [1.54, 1.807) is 7.05 Å². The van der Waals surface area contributed by atoms with E-state index in [9.17, 15) is 4.79 Å². The lowest BCUT2D eigenvalue weighted by Crippen LogP contribution is -2.35. The van der Waals surface area contributed by atoms with E-state index in [4.69, 9.17) is 10.5 Å². The molecule has 0 saturated heterocycles. The Morgan fingerprint density at radius 2 is 2.05 bits per heavy atom. The molecule has 5 heteroatoms. The molecular weight excluding hydrogens is 254 g/mol. The van der Waals surface area contributed by atoms with Gasteiger partial charge in [0.15, 0.2) is 0 Å². The van der Waals surface area contributed by atoms with Crippen LogP contribution in [-0.4, -0.2) is 44.6 Å². The zero-order valence-electron chi connectivity index (χ0n) is 12.6. The number of hydrogen-bond acceptors (Lipinski definition) is 4. The fourth-order valence-corrected chi connectivity index (χ4v) is 1.98. The van der Waals surface area contributed by atoms with Crippen molar-refractivity contribution in [1.82, 2.24) is 10.2 Å². The maximum absolute atomic E-state index is 11.4. The molecule has 0 aliphatic carbocycles. The number of carbonyl (C=O) groups excluding carboxylic acids is 1. The molecule has 0 saturated carbocycles. The number of nitrogens with two attached hydrogens (primary N) is 1. The summed E-state index contributed by atoms with van der Waals surface area (Å²) in [5.74, 6) is 0.915. The van der Waals surface area contributed by atoms with Crippen LogP contribution in [0.15, 0.2) is 24.3 Å². The van der Waals surface area contributed by atoms with Crippen LogP contribution in [0.1, 0.15) is 13.3 Å². The number of amides is 1. The van der Waals surface area contributed by atoms with Crippen molar-refractivity contribution in [2.45, 2.75) is 13.3 Å². The number of nitrogens with zero attached hydrogens (tertiary/aromatic N) is 1. The highest BCUT2D eigenvalue weighted by atomic mass is 16.5. The summed E-state index contributed by atoms with van der Waals surface area (Å²) in [4.78, 5) is 13.6. The van der Waals surface area contributed by atoms with E-state index in [-0.39, 0.29) is 11.8 Å². The minimum atomic E-state index is 0.00279. The molecule has 0 radical (unpaired) electrons. The molecule has 1 aromatic carbocycles. The SMILES string of the molecule is CNC(=O)C(C)CN(C)CCCOc1ccc(N)cc1. The first-order chi connectivity index (χ1) is 9.52. The summed E-state index contributed by atoms with van der Waals surface area (Å²) in [7, 11) is 3.68. The molecule has 0 spiro atoms. The van der Waals surface area contributed by atoms with Gasteiger partial charge in [-0.05, 0) is 37.7 Å². The van der Waals surface area contributed by atoms with E-state index >= 15 is 0 Å². The van der Waals surface area contributed by atoms with Gasteiger partial charge in [-0.15, -0.1) is 0 Å². The lowest BCUT2D eigenvalue weighted by molar-refractivity contribution is -0.124. The van der Waals surface area contributed by atoms with Gasteiger partial charge in [-0.3, -0.25) is 4.79 Å². The Morgan fingerprint density at radius 1 is 1.40 bits per heavy atom. The van der Waals surface area contributed by atoms with E-state index in [2.05, 4.69) is 10.2 Å². The highest BCUT2D eigenvalue weighted by molar-refractivity contribution is 5.78. The number of ether oxygens (including phenoxy) is 1. The summed E-state index contributed by atoms with van der Waals surface area (Å²) in [6, 6.07) is 7.39. The van der Waals surface area contributed by atoms with Crippen LogP contribution in [-0.2, 0) is 4.79 Å². The van der Waals surface area contributed by atoms with Crippen molar-refractivity contribution in [2.24, 2.45) is 5.92 Å². The van der Waals surface area contributed by atoms with Gasteiger partial charge in [0.05, 0.1) is 6.61 Å². The summed E-state index contributed by atoms with van der Waals surface area (Å²) in [6.07, 6.45) is 0.918. The normalized spacial score (nSPS) is 12.2. The lowest BCUT2D eigenvalue weighted by atomic mass is 10.1. The topological polar surface area (TPSA) is 67.6 Å². The fraction of sp³-hybridized carbons (Fsp3) is 0.533. The van der Waals surface area contributed by atoms with Crippen LogP contribution in [0.4, 0.5) is 5.69 Å². The number of nitrogen functional groups attached to an aromatic ring is 1. The van der Waals surface area contributed by atoms with Gasteiger partial charge in [0.25, 0.3) is 0 Å². The largest absolute Gasteiger partial charge is 0.494 e. The molecule has 20 heavy (non-hydrogen) atoms. The highest BCUT2D eigenvalue weighted by Crippen LogP contribution is 2.13. The van der Waals surface area contributed by atoms with Crippen molar-refractivity contribution < 1.29 is 9.53 Å². The molecule has 1 amide bonds. The van der Waals surface area contributed by atoms with E-state index in [0.29, 0.717) is 6.61 Å². The quantitative estimate of drug-likeness (QED) is 0.557. The lowest BCUT2D eigenvalue weighted by Gasteiger charge is -2.20. The van der Waals surface area contributed by atoms with Crippen LogP contribution in [0.2, 0.25) is 0 Å². The van der Waals surface area contributed by atoms with Crippen molar-refractivity contribution in [3.63, 3.8) is 0 Å². The molecule has 1 aromatic rings. The van der Waals surface area contributed by atoms with Crippen molar-refractivity contribution in [3.05, 3.63) is 24.3 Å². The molecular formula is C15H25N3O2. The first kappa shape index (κ1) is 16.3. The number of hydrogen-bond donors (Lipinski definition) is 2. The summed E-state index contributed by atoms with van der Waals surface area (Å²) in [6.45, 7) is 4.24. The summed E-state index contributed by atoms with van der Waals surface area (Å²) < 4.78 is 5.62. The van der Waals surface area contributed by atoms with Crippen LogP contribution in [0.5, 0.6) is 5.75 Å². The third-order valence-electron chi connectivity index (χ3n) is 3.11.